The first-order chi connectivity index (χ1) is 11.2. The van der Waals surface area contributed by atoms with Gasteiger partial charge in [0.2, 0.25) is 0 Å². The summed E-state index contributed by atoms with van der Waals surface area (Å²) in [5, 5.41) is 9.06. The number of allylic oxidation sites excluding steroid dienone is 2. The Kier molecular flexibility index (Phi) is 13.6. The first-order valence-corrected chi connectivity index (χ1v) is 9.65. The normalized spacial score (nSPS) is 15.1. The maximum absolute atomic E-state index is 9.06. The predicted molar refractivity (Wildman–Crippen MR) is 105 cm³/mol. The maximum Gasteiger partial charge on any atom is 0.115 e. The third-order valence-electron chi connectivity index (χ3n) is 4.39. The van der Waals surface area contributed by atoms with Crippen LogP contribution in [0.15, 0.2) is 30.3 Å². The highest BCUT2D eigenvalue weighted by atomic mass is 16.3. The third-order valence-corrected chi connectivity index (χ3v) is 4.39. The smallest absolute Gasteiger partial charge is 0.115 e. The average Bonchev–Trinajstić information content (AvgIpc) is 2.61. The van der Waals surface area contributed by atoms with Crippen LogP contribution in [0.4, 0.5) is 0 Å². The van der Waals surface area contributed by atoms with Crippen LogP contribution in [-0.2, 0) is 0 Å². The van der Waals surface area contributed by atoms with Crippen molar-refractivity contribution in [2.45, 2.75) is 86.0 Å². The van der Waals surface area contributed by atoms with Crippen molar-refractivity contribution in [3.05, 3.63) is 35.9 Å². The van der Waals surface area contributed by atoms with E-state index in [-0.39, 0.29) is 0 Å². The second-order valence-electron chi connectivity index (χ2n) is 6.01. The number of hydrogen-bond acceptors (Lipinski definition) is 1. The van der Waals surface area contributed by atoms with E-state index in [9.17, 15) is 0 Å². The Hall–Kier alpha value is -1.24. The van der Waals surface area contributed by atoms with Crippen molar-refractivity contribution in [1.82, 2.24) is 0 Å². The lowest BCUT2D eigenvalue weighted by atomic mass is 9.86. The molecule has 1 heteroatoms. The van der Waals surface area contributed by atoms with E-state index in [4.69, 9.17) is 5.11 Å². The molecule has 1 aromatic rings. The van der Waals surface area contributed by atoms with Crippen LogP contribution in [0.25, 0.3) is 5.57 Å². The van der Waals surface area contributed by atoms with E-state index in [1.165, 1.54) is 56.1 Å². The van der Waals surface area contributed by atoms with Crippen molar-refractivity contribution in [3.8, 4) is 5.75 Å². The van der Waals surface area contributed by atoms with Gasteiger partial charge in [0.1, 0.15) is 5.75 Å². The second-order valence-corrected chi connectivity index (χ2v) is 6.01. The summed E-state index contributed by atoms with van der Waals surface area (Å²) < 4.78 is 0. The minimum atomic E-state index is 0.324. The summed E-state index contributed by atoms with van der Waals surface area (Å²) in [6.07, 6.45) is 13.6. The van der Waals surface area contributed by atoms with Crippen LogP contribution in [0.3, 0.4) is 0 Å². The standard InChI is InChI=1S/C11H14O.C9H18.C2H6/c1-3-9(4-2)10-5-7-11(12)8-6-10;1-2-6-9-7-4-3-5-8-9;1-2/h3,5-8,12H,4H2,1-2H3;9H,2-8H2,1H3;1-2H3/b9-3+;;. The van der Waals surface area contributed by atoms with E-state index in [1.807, 2.05) is 32.9 Å². The zero-order valence-electron chi connectivity index (χ0n) is 16.1. The van der Waals surface area contributed by atoms with Crippen LogP contribution >= 0.6 is 0 Å². The van der Waals surface area contributed by atoms with Gasteiger partial charge in [-0.2, -0.15) is 0 Å². The molecule has 1 N–H and O–H groups in total. The minimum Gasteiger partial charge on any atom is -0.508 e. The summed E-state index contributed by atoms with van der Waals surface area (Å²) in [6.45, 7) is 10.5. The van der Waals surface area contributed by atoms with Gasteiger partial charge >= 0.3 is 0 Å². The van der Waals surface area contributed by atoms with Gasteiger partial charge in [-0.05, 0) is 42.5 Å². The highest BCUT2D eigenvalue weighted by Crippen LogP contribution is 2.26. The quantitative estimate of drug-likeness (QED) is 0.606. The fraction of sp³-hybridized carbons (Fsp3) is 0.636. The van der Waals surface area contributed by atoms with E-state index in [1.54, 1.807) is 12.1 Å². The summed E-state index contributed by atoms with van der Waals surface area (Å²) in [7, 11) is 0. The Morgan fingerprint density at radius 3 is 2.04 bits per heavy atom. The lowest BCUT2D eigenvalue weighted by Gasteiger charge is -2.20. The van der Waals surface area contributed by atoms with Crippen molar-refractivity contribution >= 4 is 5.57 Å². The van der Waals surface area contributed by atoms with Gasteiger partial charge in [-0.15, -0.1) is 0 Å². The van der Waals surface area contributed by atoms with Crippen molar-refractivity contribution in [2.75, 3.05) is 0 Å². The van der Waals surface area contributed by atoms with E-state index >= 15 is 0 Å². The summed E-state index contributed by atoms with van der Waals surface area (Å²) in [5.74, 6) is 1.43. The van der Waals surface area contributed by atoms with Gasteiger partial charge in [0.15, 0.2) is 0 Å². The zero-order valence-corrected chi connectivity index (χ0v) is 16.1. The molecule has 0 saturated heterocycles. The molecule has 1 fully saturated rings. The fourth-order valence-electron chi connectivity index (χ4n) is 3.13. The maximum atomic E-state index is 9.06. The molecular formula is C22H38O. The molecule has 1 aliphatic carbocycles. The summed E-state index contributed by atoms with van der Waals surface area (Å²) in [4.78, 5) is 0. The van der Waals surface area contributed by atoms with Gasteiger partial charge in [0, 0.05) is 0 Å². The van der Waals surface area contributed by atoms with Crippen LogP contribution in [0, 0.1) is 5.92 Å². The molecule has 132 valence electrons. The first kappa shape index (κ1) is 21.8. The highest BCUT2D eigenvalue weighted by Gasteiger charge is 2.11. The Morgan fingerprint density at radius 2 is 1.61 bits per heavy atom. The Bertz CT molecular complexity index is 394. The van der Waals surface area contributed by atoms with E-state index in [0.717, 1.165) is 12.3 Å². The molecule has 1 aliphatic rings. The molecule has 0 aromatic heterocycles. The number of hydrogen-bond donors (Lipinski definition) is 1. The monoisotopic (exact) mass is 318 g/mol. The highest BCUT2D eigenvalue weighted by molar-refractivity contribution is 5.65. The van der Waals surface area contributed by atoms with Crippen molar-refractivity contribution in [1.29, 1.82) is 0 Å². The SMILES string of the molecule is C/C=C(\CC)c1ccc(O)cc1.CC.CCCC1CCCCC1. The lowest BCUT2D eigenvalue weighted by Crippen LogP contribution is -2.04. The summed E-state index contributed by atoms with van der Waals surface area (Å²) in [5.41, 5.74) is 2.51. The first-order valence-electron chi connectivity index (χ1n) is 9.65. The van der Waals surface area contributed by atoms with Gasteiger partial charge in [-0.1, -0.05) is 90.8 Å². The molecule has 1 aromatic carbocycles. The van der Waals surface area contributed by atoms with Gasteiger partial charge in [-0.25, -0.2) is 0 Å². The van der Waals surface area contributed by atoms with Crippen LogP contribution in [0.5, 0.6) is 5.75 Å². The molecular weight excluding hydrogens is 280 g/mol. The Balaban J connectivity index is 0.000000392. The van der Waals surface area contributed by atoms with Gasteiger partial charge in [0.05, 0.1) is 0 Å². The Morgan fingerprint density at radius 1 is 1.04 bits per heavy atom. The molecule has 2 rings (SSSR count). The molecule has 0 amide bonds. The van der Waals surface area contributed by atoms with Crippen LogP contribution in [0.2, 0.25) is 0 Å². The van der Waals surface area contributed by atoms with Gasteiger partial charge < -0.3 is 5.11 Å². The molecule has 0 aliphatic heterocycles. The molecule has 23 heavy (non-hydrogen) atoms. The number of benzene rings is 1. The minimum absolute atomic E-state index is 0.324. The molecule has 0 heterocycles. The number of aromatic hydroxyl groups is 1. The zero-order chi connectivity index (χ0) is 17.5. The molecule has 0 unspecified atom stereocenters. The largest absolute Gasteiger partial charge is 0.508 e. The van der Waals surface area contributed by atoms with E-state index in [2.05, 4.69) is 19.9 Å². The Labute approximate surface area is 144 Å². The summed E-state index contributed by atoms with van der Waals surface area (Å²) in [6, 6.07) is 7.31. The predicted octanol–water partition coefficient (Wildman–Crippen LogP) is 7.60. The van der Waals surface area contributed by atoms with Crippen LogP contribution in [-0.4, -0.2) is 5.11 Å². The number of rotatable bonds is 4. The van der Waals surface area contributed by atoms with Gasteiger partial charge in [-0.3, -0.25) is 0 Å². The third kappa shape index (κ3) is 9.48. The molecule has 0 spiro atoms. The molecule has 0 atom stereocenters. The van der Waals surface area contributed by atoms with Crippen LogP contribution in [0.1, 0.15) is 91.5 Å². The van der Waals surface area contributed by atoms with Crippen molar-refractivity contribution in [3.63, 3.8) is 0 Å². The fourth-order valence-corrected chi connectivity index (χ4v) is 3.13. The topological polar surface area (TPSA) is 20.2 Å². The molecule has 0 bridgehead atoms. The van der Waals surface area contributed by atoms with Gasteiger partial charge in [0.25, 0.3) is 0 Å². The number of phenolic OH excluding ortho intramolecular Hbond substituents is 1. The lowest BCUT2D eigenvalue weighted by molar-refractivity contribution is 0.336. The molecule has 1 nitrogen and oxygen atoms in total. The summed E-state index contributed by atoms with van der Waals surface area (Å²) >= 11 is 0. The number of phenols is 1. The molecule has 1 saturated carbocycles. The van der Waals surface area contributed by atoms with Crippen LogP contribution < -0.4 is 0 Å². The van der Waals surface area contributed by atoms with E-state index < -0.39 is 0 Å². The average molecular weight is 319 g/mol. The molecule has 0 radical (unpaired) electrons. The van der Waals surface area contributed by atoms with E-state index in [0.29, 0.717) is 5.75 Å². The van der Waals surface area contributed by atoms with Crippen molar-refractivity contribution in [2.24, 2.45) is 5.92 Å². The second kappa shape index (κ2) is 14.4. The van der Waals surface area contributed by atoms with Crippen molar-refractivity contribution < 1.29 is 5.11 Å².